The minimum atomic E-state index is -1.32. The molecule has 1 aromatic carbocycles. The maximum absolute atomic E-state index is 11.7. The lowest BCUT2D eigenvalue weighted by molar-refractivity contribution is -0.148. The highest BCUT2D eigenvalue weighted by molar-refractivity contribution is 5.98. The fraction of sp³-hybridized carbons (Fsp3) is 0.250. The number of rotatable bonds is 6. The molecule has 0 spiro atoms. The topological polar surface area (TPSA) is 112 Å². The van der Waals surface area contributed by atoms with Crippen LogP contribution in [0.2, 0.25) is 0 Å². The zero-order valence-corrected chi connectivity index (χ0v) is 9.37. The van der Waals surface area contributed by atoms with Crippen LogP contribution in [0.15, 0.2) is 24.3 Å². The molecule has 6 heteroatoms. The molecule has 1 aromatic rings. The van der Waals surface area contributed by atoms with Crippen molar-refractivity contribution in [2.24, 2.45) is 5.92 Å². The Labute approximate surface area is 102 Å². The number of hydrogen-bond acceptors (Lipinski definition) is 4. The highest BCUT2D eigenvalue weighted by atomic mass is 16.4. The van der Waals surface area contributed by atoms with Crippen molar-refractivity contribution >= 4 is 17.7 Å². The monoisotopic (exact) mass is 252 g/mol. The van der Waals surface area contributed by atoms with Gasteiger partial charge in [0.05, 0.1) is 12.3 Å². The van der Waals surface area contributed by atoms with Gasteiger partial charge >= 0.3 is 11.9 Å². The summed E-state index contributed by atoms with van der Waals surface area (Å²) in [5.41, 5.74) is 0.240. The van der Waals surface area contributed by atoms with E-state index >= 15 is 0 Å². The Morgan fingerprint density at radius 3 is 2.00 bits per heavy atom. The van der Waals surface area contributed by atoms with Crippen molar-refractivity contribution in [3.05, 3.63) is 29.8 Å². The second kappa shape index (κ2) is 5.81. The molecule has 0 aliphatic rings. The maximum Gasteiger partial charge on any atom is 0.307 e. The Hall–Kier alpha value is -2.37. The van der Waals surface area contributed by atoms with Crippen LogP contribution in [0.25, 0.3) is 0 Å². The number of aliphatic carboxylic acids is 2. The van der Waals surface area contributed by atoms with Gasteiger partial charge in [-0.05, 0) is 24.3 Å². The van der Waals surface area contributed by atoms with Crippen LogP contribution in [0.1, 0.15) is 23.2 Å². The second-order valence-electron chi connectivity index (χ2n) is 3.81. The number of Topliss-reactive ketones (excluding diaryl/α,β-unsaturated/α-hetero) is 1. The number of hydrogen-bond donors (Lipinski definition) is 3. The van der Waals surface area contributed by atoms with Gasteiger partial charge in [0, 0.05) is 12.0 Å². The molecule has 1 rings (SSSR count). The fourth-order valence-electron chi connectivity index (χ4n) is 1.45. The highest BCUT2D eigenvalue weighted by Crippen LogP contribution is 2.16. The molecule has 0 fully saturated rings. The zero-order chi connectivity index (χ0) is 13.7. The summed E-state index contributed by atoms with van der Waals surface area (Å²) in [6.45, 7) is 0. The van der Waals surface area contributed by atoms with E-state index in [2.05, 4.69) is 0 Å². The number of phenolic OH excluding ortho intramolecular Hbond substituents is 1. The number of aromatic hydroxyl groups is 1. The van der Waals surface area contributed by atoms with Gasteiger partial charge in [0.25, 0.3) is 0 Å². The first-order valence-electron chi connectivity index (χ1n) is 5.17. The number of phenols is 1. The molecule has 0 unspecified atom stereocenters. The van der Waals surface area contributed by atoms with Gasteiger partial charge in [0.2, 0.25) is 0 Å². The van der Waals surface area contributed by atoms with Gasteiger partial charge in [-0.25, -0.2) is 0 Å². The van der Waals surface area contributed by atoms with Crippen molar-refractivity contribution < 1.29 is 29.7 Å². The Bertz CT molecular complexity index is 462. The molecule has 0 radical (unpaired) electrons. The van der Waals surface area contributed by atoms with Crippen LogP contribution in [0, 0.1) is 5.92 Å². The molecule has 0 saturated heterocycles. The van der Waals surface area contributed by atoms with Gasteiger partial charge in [0.15, 0.2) is 5.78 Å². The first-order valence-corrected chi connectivity index (χ1v) is 5.17. The average Bonchev–Trinajstić information content (AvgIpc) is 2.28. The number of carboxylic acid groups (broad SMARTS) is 2. The molecule has 0 aliphatic carbocycles. The first kappa shape index (κ1) is 13.7. The lowest BCUT2D eigenvalue weighted by atomic mass is 9.95. The standard InChI is InChI=1S/C12H12O6/c13-9-3-1-7(2-4-9)10(14)5-8(12(17)18)6-11(15)16/h1-4,8,13H,5-6H2,(H,15,16)(H,17,18)/t8-/m1/s1. The molecular formula is C12H12O6. The zero-order valence-electron chi connectivity index (χ0n) is 9.37. The SMILES string of the molecule is O=C(O)C[C@@H](CC(=O)c1ccc(O)cc1)C(=O)O. The van der Waals surface area contributed by atoms with E-state index in [4.69, 9.17) is 15.3 Å². The third-order valence-electron chi connectivity index (χ3n) is 2.39. The summed E-state index contributed by atoms with van der Waals surface area (Å²) in [6, 6.07) is 5.33. The third kappa shape index (κ3) is 3.89. The minimum absolute atomic E-state index is 0.00753. The van der Waals surface area contributed by atoms with E-state index in [0.717, 1.165) is 0 Å². The van der Waals surface area contributed by atoms with Crippen LogP contribution in [-0.4, -0.2) is 33.0 Å². The third-order valence-corrected chi connectivity index (χ3v) is 2.39. The van der Waals surface area contributed by atoms with E-state index in [9.17, 15) is 14.4 Å². The summed E-state index contributed by atoms with van der Waals surface area (Å²) in [5.74, 6) is -4.30. The van der Waals surface area contributed by atoms with Crippen LogP contribution < -0.4 is 0 Å². The molecule has 96 valence electrons. The smallest absolute Gasteiger partial charge is 0.307 e. The largest absolute Gasteiger partial charge is 0.508 e. The summed E-state index contributed by atoms with van der Waals surface area (Å²) >= 11 is 0. The Morgan fingerprint density at radius 2 is 1.56 bits per heavy atom. The lowest BCUT2D eigenvalue weighted by Crippen LogP contribution is -2.21. The molecule has 6 nitrogen and oxygen atoms in total. The Morgan fingerprint density at radius 1 is 1.00 bits per heavy atom. The van der Waals surface area contributed by atoms with Crippen LogP contribution in [-0.2, 0) is 9.59 Å². The summed E-state index contributed by atoms with van der Waals surface area (Å²) in [4.78, 5) is 33.0. The van der Waals surface area contributed by atoms with Crippen LogP contribution in [0.5, 0.6) is 5.75 Å². The molecule has 0 bridgehead atoms. The molecule has 0 aromatic heterocycles. The predicted octanol–water partition coefficient (Wildman–Crippen LogP) is 1.14. The minimum Gasteiger partial charge on any atom is -0.508 e. The maximum atomic E-state index is 11.7. The number of carboxylic acids is 2. The van der Waals surface area contributed by atoms with Crippen molar-refractivity contribution in [3.8, 4) is 5.75 Å². The van der Waals surface area contributed by atoms with E-state index in [0.29, 0.717) is 0 Å². The number of ketones is 1. The van der Waals surface area contributed by atoms with Crippen molar-refractivity contribution in [2.45, 2.75) is 12.8 Å². The van der Waals surface area contributed by atoms with Crippen LogP contribution >= 0.6 is 0 Å². The van der Waals surface area contributed by atoms with Crippen molar-refractivity contribution in [2.75, 3.05) is 0 Å². The molecule has 0 heterocycles. The van der Waals surface area contributed by atoms with Gasteiger partial charge in [-0.15, -0.1) is 0 Å². The van der Waals surface area contributed by atoms with E-state index in [1.54, 1.807) is 0 Å². The number of carbonyl (C=O) groups is 3. The molecule has 18 heavy (non-hydrogen) atoms. The van der Waals surface area contributed by atoms with E-state index < -0.39 is 30.1 Å². The fourth-order valence-corrected chi connectivity index (χ4v) is 1.45. The van der Waals surface area contributed by atoms with Crippen molar-refractivity contribution in [3.63, 3.8) is 0 Å². The van der Waals surface area contributed by atoms with Crippen LogP contribution in [0.4, 0.5) is 0 Å². The molecular weight excluding hydrogens is 240 g/mol. The van der Waals surface area contributed by atoms with Gasteiger partial charge in [-0.2, -0.15) is 0 Å². The van der Waals surface area contributed by atoms with Gasteiger partial charge in [-0.1, -0.05) is 0 Å². The summed E-state index contributed by atoms with van der Waals surface area (Å²) in [5, 5.41) is 26.4. The van der Waals surface area contributed by atoms with E-state index in [1.165, 1.54) is 24.3 Å². The Kier molecular flexibility index (Phi) is 4.42. The predicted molar refractivity (Wildman–Crippen MR) is 60.4 cm³/mol. The normalized spacial score (nSPS) is 11.8. The second-order valence-corrected chi connectivity index (χ2v) is 3.81. The van der Waals surface area contributed by atoms with Crippen molar-refractivity contribution in [1.82, 2.24) is 0 Å². The van der Waals surface area contributed by atoms with Gasteiger partial charge in [-0.3, -0.25) is 14.4 Å². The summed E-state index contributed by atoms with van der Waals surface area (Å²) < 4.78 is 0. The molecule has 0 amide bonds. The molecule has 1 atom stereocenters. The van der Waals surface area contributed by atoms with E-state index in [1.807, 2.05) is 0 Å². The van der Waals surface area contributed by atoms with Gasteiger partial charge < -0.3 is 15.3 Å². The molecule has 0 saturated carbocycles. The summed E-state index contributed by atoms with van der Waals surface area (Å²) in [6.07, 6.45) is -0.981. The number of benzene rings is 1. The highest BCUT2D eigenvalue weighted by Gasteiger charge is 2.24. The Balaban J connectivity index is 2.75. The van der Waals surface area contributed by atoms with E-state index in [-0.39, 0.29) is 17.7 Å². The van der Waals surface area contributed by atoms with Crippen molar-refractivity contribution in [1.29, 1.82) is 0 Å². The average molecular weight is 252 g/mol. The molecule has 0 aliphatic heterocycles. The lowest BCUT2D eigenvalue weighted by Gasteiger charge is -2.08. The number of carbonyl (C=O) groups excluding carboxylic acids is 1. The summed E-state index contributed by atoms with van der Waals surface area (Å²) in [7, 11) is 0. The van der Waals surface area contributed by atoms with Gasteiger partial charge in [0.1, 0.15) is 5.75 Å². The molecule has 3 N–H and O–H groups in total. The quantitative estimate of drug-likeness (QED) is 0.654. The first-order chi connectivity index (χ1) is 8.40. The van der Waals surface area contributed by atoms with Crippen LogP contribution in [0.3, 0.4) is 0 Å².